The van der Waals surface area contributed by atoms with Crippen LogP contribution < -0.4 is 15.7 Å². The van der Waals surface area contributed by atoms with E-state index in [1.165, 1.54) is 0 Å². The first-order valence-corrected chi connectivity index (χ1v) is 16.7. The largest absolute Gasteiger partial charge is 2.00 e. The molecule has 0 fully saturated rings. The molecule has 39 heavy (non-hydrogen) atoms. The van der Waals surface area contributed by atoms with Gasteiger partial charge in [0.05, 0.1) is 0 Å². The first kappa shape index (κ1) is 28.6. The van der Waals surface area contributed by atoms with Gasteiger partial charge in [0.25, 0.3) is 0 Å². The van der Waals surface area contributed by atoms with Crippen LogP contribution in [0.4, 0.5) is 0 Å². The van der Waals surface area contributed by atoms with Crippen molar-refractivity contribution in [1.82, 2.24) is 4.98 Å². The van der Waals surface area contributed by atoms with Crippen molar-refractivity contribution in [3.63, 3.8) is 0 Å². The molecular weight excluding hydrogens is 542 g/mol. The molecule has 0 amide bonds. The number of hydrogen-bond donors (Lipinski definition) is 0. The van der Waals surface area contributed by atoms with E-state index in [2.05, 4.69) is 62.6 Å². The molecule has 0 spiro atoms. The van der Waals surface area contributed by atoms with Crippen molar-refractivity contribution in [3.05, 3.63) is 113 Å². The van der Waals surface area contributed by atoms with E-state index in [1.807, 2.05) is 60.7 Å². The third kappa shape index (κ3) is 7.60. The van der Waals surface area contributed by atoms with Crippen LogP contribution >= 0.6 is 0 Å². The Labute approximate surface area is 241 Å². The average Bonchev–Trinajstić information content (AvgIpc) is 3.65. The minimum atomic E-state index is -0.861. The number of aliphatic imine (C=N–C) groups is 2. The summed E-state index contributed by atoms with van der Waals surface area (Å²) in [5, 5.41) is 3.78. The summed E-state index contributed by atoms with van der Waals surface area (Å²) in [7, 11) is -0.861. The van der Waals surface area contributed by atoms with Gasteiger partial charge >= 0.3 is 17.1 Å². The van der Waals surface area contributed by atoms with Crippen LogP contribution in [0.1, 0.15) is 23.2 Å². The molecule has 0 bridgehead atoms. The monoisotopic (exact) mass is 575 g/mol. The Bertz CT molecular complexity index is 1460. The summed E-state index contributed by atoms with van der Waals surface area (Å²) >= 11 is 0. The van der Waals surface area contributed by atoms with Crippen molar-refractivity contribution < 1.29 is 26.5 Å². The van der Waals surface area contributed by atoms with Crippen LogP contribution in [-0.4, -0.2) is 33.1 Å². The summed E-state index contributed by atoms with van der Waals surface area (Å²) < 4.78 is 11.7. The van der Waals surface area contributed by atoms with Crippen LogP contribution in [0, 0.1) is 6.55 Å². The molecule has 3 heterocycles. The molecule has 0 aliphatic carbocycles. The number of ether oxygens (including phenoxy) is 2. The van der Waals surface area contributed by atoms with Crippen molar-refractivity contribution in [1.29, 1.82) is 0 Å². The van der Waals surface area contributed by atoms with Gasteiger partial charge in [0.1, 0.15) is 25.3 Å². The molecule has 5 nitrogen and oxygen atoms in total. The van der Waals surface area contributed by atoms with Gasteiger partial charge in [-0.2, -0.15) is 0 Å². The van der Waals surface area contributed by atoms with Gasteiger partial charge in [-0.3, -0.25) is 0 Å². The number of fused-ring (bicyclic) bond motifs is 1. The molecule has 2 atom stereocenters. The minimum Gasteiger partial charge on any atom is -0.657 e. The second-order valence-electron chi connectivity index (χ2n) is 10.7. The number of rotatable bonds is 4. The summed E-state index contributed by atoms with van der Waals surface area (Å²) in [6.07, 6.45) is 3.85. The zero-order valence-electron chi connectivity index (χ0n) is 22.5. The second-order valence-corrected chi connectivity index (χ2v) is 15.8. The Hall–Kier alpha value is -3.38. The first-order chi connectivity index (χ1) is 18.3. The fourth-order valence-corrected chi connectivity index (χ4v) is 4.27. The van der Waals surface area contributed by atoms with Gasteiger partial charge in [-0.1, -0.05) is 105 Å². The summed E-state index contributed by atoms with van der Waals surface area (Å²) in [5.41, 5.74) is 2.30. The summed E-state index contributed by atoms with van der Waals surface area (Å²) in [6.45, 7) is 11.6. The maximum atomic E-state index is 5.87. The molecule has 3 aromatic carbocycles. The van der Waals surface area contributed by atoms with Gasteiger partial charge in [0, 0.05) is 0 Å². The number of benzene rings is 3. The van der Waals surface area contributed by atoms with Gasteiger partial charge in [-0.25, -0.2) is 9.98 Å². The van der Waals surface area contributed by atoms with Crippen LogP contribution in [0.3, 0.4) is 0 Å². The van der Waals surface area contributed by atoms with E-state index in [4.69, 9.17) is 24.4 Å². The molecule has 2 aliphatic heterocycles. The van der Waals surface area contributed by atoms with E-state index in [9.17, 15) is 0 Å². The van der Waals surface area contributed by atoms with E-state index < -0.39 is 8.07 Å². The predicted octanol–water partition coefficient (Wildman–Crippen LogP) is 5.39. The topological polar surface area (TPSA) is 57.3 Å². The van der Waals surface area contributed by atoms with E-state index in [0.29, 0.717) is 25.0 Å². The van der Waals surface area contributed by atoms with Gasteiger partial charge in [-0.05, 0) is 34.1 Å². The zero-order valence-corrected chi connectivity index (χ0v) is 24.6. The Kier molecular flexibility index (Phi) is 9.28. The van der Waals surface area contributed by atoms with E-state index in [-0.39, 0.29) is 29.2 Å². The fraction of sp³-hybridized carbons (Fsp3) is 0.219. The molecule has 0 N–H and O–H groups in total. The van der Waals surface area contributed by atoms with Crippen LogP contribution in [0.2, 0.25) is 19.6 Å². The SMILES string of the molecule is C(/C1=NC(c2ccccc2)CO1)=c1/[n-]/c(=C\C2=NC(c3ccccc3)CO2)c2ccccc12.[CH2-][Si](C)(C)C.[Fe+2]. The van der Waals surface area contributed by atoms with Gasteiger partial charge in [0.15, 0.2) is 0 Å². The van der Waals surface area contributed by atoms with Crippen molar-refractivity contribution in [2.24, 2.45) is 9.98 Å². The molecule has 0 saturated heterocycles. The van der Waals surface area contributed by atoms with Crippen molar-refractivity contribution >= 4 is 42.8 Å². The predicted molar refractivity (Wildman–Crippen MR) is 159 cm³/mol. The normalized spacial score (nSPS) is 19.4. The number of hydrogen-bond acceptors (Lipinski definition) is 4. The Morgan fingerprint density at radius 1 is 0.692 bits per heavy atom. The van der Waals surface area contributed by atoms with E-state index in [1.54, 1.807) is 0 Å². The molecule has 7 heteroatoms. The van der Waals surface area contributed by atoms with Gasteiger partial charge < -0.3 is 21.0 Å². The summed E-state index contributed by atoms with van der Waals surface area (Å²) in [5.74, 6) is 1.22. The summed E-state index contributed by atoms with van der Waals surface area (Å²) in [4.78, 5) is 14.4. The smallest absolute Gasteiger partial charge is 0.657 e. The second kappa shape index (κ2) is 12.6. The third-order valence-corrected chi connectivity index (χ3v) is 5.95. The van der Waals surface area contributed by atoms with Crippen LogP contribution in [0.25, 0.3) is 22.9 Å². The molecular formula is C32H33FeN3O2Si. The Balaban J connectivity index is 0.000000542. The summed E-state index contributed by atoms with van der Waals surface area (Å²) in [6, 6.07) is 28.6. The zero-order chi connectivity index (χ0) is 26.5. The average molecular weight is 576 g/mol. The number of nitrogens with zero attached hydrogens (tertiary/aromatic N) is 3. The molecule has 6 rings (SSSR count). The van der Waals surface area contributed by atoms with Crippen molar-refractivity contribution in [3.8, 4) is 0 Å². The molecule has 4 aromatic rings. The standard InChI is InChI=1S/C28H22N3O2.C4H11Si.Fe/c1-3-9-19(10-4-1)25-17-32-27(30-25)15-23-21-13-7-8-14-22(21)24(29-23)16-28-31-26(18-33-28)20-11-5-2-6-12-20;1-5(2,3)4;/h1-16,25-26H,17-18H2;1H2,2-4H3;/q2*-1;+2/b23-15-,24-16-;;. The number of aromatic nitrogens is 1. The molecule has 2 unspecified atom stereocenters. The Morgan fingerprint density at radius 3 is 1.44 bits per heavy atom. The van der Waals surface area contributed by atoms with Gasteiger partial charge in [0.2, 0.25) is 11.8 Å². The maximum absolute atomic E-state index is 5.87. The van der Waals surface area contributed by atoms with Crippen molar-refractivity contribution in [2.45, 2.75) is 31.7 Å². The maximum Gasteiger partial charge on any atom is 2.00 e. The van der Waals surface area contributed by atoms with Crippen molar-refractivity contribution in [2.75, 3.05) is 13.2 Å². The van der Waals surface area contributed by atoms with Gasteiger partial charge in [-0.15, -0.1) is 18.8 Å². The Morgan fingerprint density at radius 2 is 1.05 bits per heavy atom. The first-order valence-electron chi connectivity index (χ1n) is 12.9. The van der Waals surface area contributed by atoms with Crippen LogP contribution in [0.5, 0.6) is 0 Å². The van der Waals surface area contributed by atoms with Crippen LogP contribution in [0.15, 0.2) is 94.9 Å². The van der Waals surface area contributed by atoms with E-state index >= 15 is 0 Å². The molecule has 200 valence electrons. The quantitative estimate of drug-likeness (QED) is 0.242. The molecule has 1 aromatic heterocycles. The molecule has 0 saturated carbocycles. The third-order valence-electron chi connectivity index (χ3n) is 5.95. The minimum absolute atomic E-state index is 0. The van der Waals surface area contributed by atoms with Crippen LogP contribution in [-0.2, 0) is 26.5 Å². The van der Waals surface area contributed by atoms with E-state index in [0.717, 1.165) is 32.6 Å². The molecule has 0 radical (unpaired) electrons. The fourth-order valence-electron chi connectivity index (χ4n) is 4.27. The molecule has 2 aliphatic rings.